The number of allylic oxidation sites excluding steroid dienone is 1. The van der Waals surface area contributed by atoms with Crippen LogP contribution < -0.4 is 0 Å². The minimum atomic E-state index is -1.06. The number of rotatable bonds is 0. The number of carbonyl (C=O) groups is 3. The third-order valence-electron chi connectivity index (χ3n) is 7.32. The Morgan fingerprint density at radius 1 is 1.17 bits per heavy atom. The number of hydrogen-bond donors (Lipinski definition) is 0. The number of ether oxygens (including phenoxy) is 1. The first-order chi connectivity index (χ1) is 11.0. The molecule has 0 amide bonds. The van der Waals surface area contributed by atoms with Crippen LogP contribution in [0.3, 0.4) is 0 Å². The van der Waals surface area contributed by atoms with E-state index in [9.17, 15) is 14.4 Å². The van der Waals surface area contributed by atoms with Crippen molar-refractivity contribution in [3.05, 3.63) is 11.6 Å². The van der Waals surface area contributed by atoms with E-state index in [-0.39, 0.29) is 53.0 Å². The van der Waals surface area contributed by atoms with Crippen LogP contribution in [-0.2, 0) is 19.1 Å². The van der Waals surface area contributed by atoms with E-state index in [1.165, 1.54) is 0 Å². The maximum atomic E-state index is 13.6. The lowest BCUT2D eigenvalue weighted by molar-refractivity contribution is -0.144. The fraction of sp³-hybridized carbons (Fsp3) is 0.750. The molecule has 4 rings (SSSR count). The molecule has 6 unspecified atom stereocenters. The highest BCUT2D eigenvalue weighted by atomic mass is 16.6. The third kappa shape index (κ3) is 1.75. The van der Waals surface area contributed by atoms with Gasteiger partial charge in [0.15, 0.2) is 11.6 Å². The Bertz CT molecular complexity index is 702. The Hall–Kier alpha value is -1.29. The number of fused-ring (bicyclic) bond motifs is 1. The molecular weight excluding hydrogens is 304 g/mol. The van der Waals surface area contributed by atoms with E-state index in [2.05, 4.69) is 6.92 Å². The Morgan fingerprint density at radius 3 is 2.46 bits per heavy atom. The Morgan fingerprint density at radius 2 is 1.83 bits per heavy atom. The van der Waals surface area contributed by atoms with Gasteiger partial charge in [-0.1, -0.05) is 20.8 Å². The van der Waals surface area contributed by atoms with Gasteiger partial charge in [0.2, 0.25) is 0 Å². The summed E-state index contributed by atoms with van der Waals surface area (Å²) in [6, 6.07) is 0. The molecule has 4 nitrogen and oxygen atoms in total. The molecule has 1 spiro atoms. The van der Waals surface area contributed by atoms with E-state index in [0.29, 0.717) is 12.0 Å². The number of epoxide rings is 1. The zero-order valence-electron chi connectivity index (χ0n) is 15.1. The molecule has 0 aromatic carbocycles. The average molecular weight is 330 g/mol. The molecule has 0 bridgehead atoms. The first kappa shape index (κ1) is 16.2. The van der Waals surface area contributed by atoms with E-state index in [1.807, 2.05) is 26.8 Å². The maximum Gasteiger partial charge on any atom is 0.158 e. The summed E-state index contributed by atoms with van der Waals surface area (Å²) < 4.78 is 5.96. The molecule has 3 fully saturated rings. The first-order valence-electron chi connectivity index (χ1n) is 9.02. The van der Waals surface area contributed by atoms with Crippen molar-refractivity contribution in [2.75, 3.05) is 0 Å². The predicted octanol–water partition coefficient (Wildman–Crippen LogP) is 2.89. The predicted molar refractivity (Wildman–Crippen MR) is 88.3 cm³/mol. The lowest BCUT2D eigenvalue weighted by atomic mass is 9.64. The van der Waals surface area contributed by atoms with Crippen molar-refractivity contribution in [3.8, 4) is 0 Å². The molecule has 2 saturated carbocycles. The van der Waals surface area contributed by atoms with E-state index < -0.39 is 11.0 Å². The monoisotopic (exact) mass is 330 g/mol. The highest BCUT2D eigenvalue weighted by Crippen LogP contribution is 2.63. The van der Waals surface area contributed by atoms with Crippen LogP contribution in [0.2, 0.25) is 0 Å². The van der Waals surface area contributed by atoms with Gasteiger partial charge in [-0.15, -0.1) is 0 Å². The van der Waals surface area contributed by atoms with Crippen molar-refractivity contribution >= 4 is 17.3 Å². The van der Waals surface area contributed by atoms with Gasteiger partial charge in [0.25, 0.3) is 0 Å². The van der Waals surface area contributed by atoms with E-state index in [4.69, 9.17) is 4.74 Å². The second-order valence-electron chi connectivity index (χ2n) is 9.32. The lowest BCUT2D eigenvalue weighted by Gasteiger charge is -2.36. The summed E-state index contributed by atoms with van der Waals surface area (Å²) in [7, 11) is 0. The quantitative estimate of drug-likeness (QED) is 0.506. The fourth-order valence-electron chi connectivity index (χ4n) is 5.85. The summed E-state index contributed by atoms with van der Waals surface area (Å²) in [6.45, 7) is 9.74. The summed E-state index contributed by atoms with van der Waals surface area (Å²) >= 11 is 0. The van der Waals surface area contributed by atoms with Crippen molar-refractivity contribution in [2.24, 2.45) is 28.6 Å². The third-order valence-corrected chi connectivity index (χ3v) is 7.32. The average Bonchev–Trinajstić information content (AvgIpc) is 3.10. The van der Waals surface area contributed by atoms with Crippen LogP contribution in [0, 0.1) is 28.6 Å². The lowest BCUT2D eigenvalue weighted by Crippen LogP contribution is -2.46. The van der Waals surface area contributed by atoms with Crippen LogP contribution in [0.25, 0.3) is 0 Å². The molecule has 0 radical (unpaired) electrons. The minimum absolute atomic E-state index is 0.00163. The van der Waals surface area contributed by atoms with Crippen LogP contribution in [0.15, 0.2) is 11.6 Å². The smallest absolute Gasteiger partial charge is 0.158 e. The molecule has 1 aliphatic heterocycles. The summed E-state index contributed by atoms with van der Waals surface area (Å²) in [5, 5.41) is 0. The van der Waals surface area contributed by atoms with Crippen molar-refractivity contribution < 1.29 is 19.1 Å². The van der Waals surface area contributed by atoms with Gasteiger partial charge < -0.3 is 4.74 Å². The van der Waals surface area contributed by atoms with E-state index >= 15 is 0 Å². The highest BCUT2D eigenvalue weighted by Gasteiger charge is 2.73. The second kappa shape index (κ2) is 4.46. The van der Waals surface area contributed by atoms with Crippen LogP contribution in [0.4, 0.5) is 0 Å². The summed E-state index contributed by atoms with van der Waals surface area (Å²) in [5.74, 6) is -0.196. The molecule has 0 aromatic rings. The van der Waals surface area contributed by atoms with Crippen molar-refractivity contribution in [2.45, 2.75) is 65.6 Å². The largest absolute Gasteiger partial charge is 0.361 e. The molecule has 24 heavy (non-hydrogen) atoms. The highest BCUT2D eigenvalue weighted by molar-refractivity contribution is 6.11. The second-order valence-corrected chi connectivity index (χ2v) is 9.32. The van der Waals surface area contributed by atoms with Gasteiger partial charge in [-0.05, 0) is 49.2 Å². The Balaban J connectivity index is 1.89. The van der Waals surface area contributed by atoms with Gasteiger partial charge in [-0.3, -0.25) is 14.4 Å². The van der Waals surface area contributed by atoms with Crippen molar-refractivity contribution in [3.63, 3.8) is 0 Å². The van der Waals surface area contributed by atoms with Crippen molar-refractivity contribution in [1.29, 1.82) is 0 Å². The summed E-state index contributed by atoms with van der Waals surface area (Å²) in [6.07, 6.45) is 3.30. The minimum Gasteiger partial charge on any atom is -0.361 e. The molecular formula is C20H26O4. The first-order valence-corrected chi connectivity index (χ1v) is 9.02. The molecule has 4 heteroatoms. The molecule has 3 aliphatic carbocycles. The van der Waals surface area contributed by atoms with Gasteiger partial charge in [-0.2, -0.15) is 0 Å². The molecule has 1 heterocycles. The van der Waals surface area contributed by atoms with Gasteiger partial charge >= 0.3 is 0 Å². The standard InChI is InChI=1S/C20H26O4/c1-10-6-12-16(23)19(5)14(18(3,4)9-15(19)22)7-13(21)11(2)8-20(12)17(10)24-20/h8,10,12,14,17H,6-7,9H2,1-5H3. The Kier molecular flexibility index (Phi) is 3.01. The fourth-order valence-corrected chi connectivity index (χ4v) is 5.85. The molecule has 0 N–H and O–H groups in total. The number of Topliss-reactive ketones (excluding diaryl/α,β-unsaturated/α-hetero) is 3. The normalized spacial score (nSPS) is 49.5. The molecule has 1 saturated heterocycles. The molecule has 0 aromatic heterocycles. The van der Waals surface area contributed by atoms with Crippen LogP contribution in [0.5, 0.6) is 0 Å². The van der Waals surface area contributed by atoms with Crippen LogP contribution in [-0.4, -0.2) is 29.1 Å². The molecule has 6 atom stereocenters. The van der Waals surface area contributed by atoms with Crippen molar-refractivity contribution in [1.82, 2.24) is 0 Å². The summed E-state index contributed by atoms with van der Waals surface area (Å²) in [5.41, 5.74) is -1.34. The maximum absolute atomic E-state index is 13.6. The van der Waals surface area contributed by atoms with Gasteiger partial charge in [0, 0.05) is 12.8 Å². The van der Waals surface area contributed by atoms with Crippen LogP contribution in [0.1, 0.15) is 53.9 Å². The topological polar surface area (TPSA) is 63.7 Å². The van der Waals surface area contributed by atoms with Gasteiger partial charge in [0.05, 0.1) is 17.4 Å². The zero-order valence-corrected chi connectivity index (χ0v) is 15.1. The number of hydrogen-bond acceptors (Lipinski definition) is 4. The SMILES string of the molecule is CC1=CC23OC2C(C)CC3C(=O)C2(C)C(=O)CC(C)(C)C2CC1=O. The summed E-state index contributed by atoms with van der Waals surface area (Å²) in [4.78, 5) is 39.3. The zero-order chi connectivity index (χ0) is 17.7. The van der Waals surface area contributed by atoms with Gasteiger partial charge in [0.1, 0.15) is 11.4 Å². The number of ketones is 3. The Labute approximate surface area is 143 Å². The van der Waals surface area contributed by atoms with E-state index in [0.717, 1.165) is 6.42 Å². The van der Waals surface area contributed by atoms with Gasteiger partial charge in [-0.25, -0.2) is 0 Å². The molecule has 130 valence electrons. The van der Waals surface area contributed by atoms with E-state index in [1.54, 1.807) is 6.92 Å². The van der Waals surface area contributed by atoms with Crippen LogP contribution >= 0.6 is 0 Å². The number of carbonyl (C=O) groups excluding carboxylic acids is 3. The molecule has 4 aliphatic rings.